The monoisotopic (exact) mass is 260 g/mol. The van der Waals surface area contributed by atoms with Crippen LogP contribution in [0.4, 0.5) is 5.00 Å². The van der Waals surface area contributed by atoms with Crippen LogP contribution < -0.4 is 11.1 Å². The molecule has 2 rings (SSSR count). The van der Waals surface area contributed by atoms with Crippen LogP contribution in [0, 0.1) is 0 Å². The Kier molecular flexibility index (Phi) is 3.67. The van der Waals surface area contributed by atoms with Gasteiger partial charge in [-0.2, -0.15) is 0 Å². The highest BCUT2D eigenvalue weighted by molar-refractivity contribution is 7.15. The first kappa shape index (κ1) is 12.6. The van der Waals surface area contributed by atoms with E-state index in [2.05, 4.69) is 5.32 Å². The average molecular weight is 260 g/mol. The van der Waals surface area contributed by atoms with Gasteiger partial charge in [0.2, 0.25) is 0 Å². The number of nitrogen functional groups attached to an aromatic ring is 1. The molecule has 0 aliphatic heterocycles. The Morgan fingerprint density at radius 1 is 1.28 bits per heavy atom. The van der Waals surface area contributed by atoms with E-state index in [9.17, 15) is 4.79 Å². The van der Waals surface area contributed by atoms with E-state index in [4.69, 9.17) is 5.73 Å². The number of hydrogen-bond acceptors (Lipinski definition) is 3. The first-order valence-electron chi connectivity index (χ1n) is 5.83. The van der Waals surface area contributed by atoms with Gasteiger partial charge in [-0.1, -0.05) is 30.3 Å². The van der Waals surface area contributed by atoms with Gasteiger partial charge in [0.15, 0.2) is 0 Å². The van der Waals surface area contributed by atoms with Gasteiger partial charge in [-0.05, 0) is 19.4 Å². The summed E-state index contributed by atoms with van der Waals surface area (Å²) in [6.07, 6.45) is 0. The quantitative estimate of drug-likeness (QED) is 0.890. The largest absolute Gasteiger partial charge is 0.390 e. The molecule has 1 aromatic heterocycles. The number of hydrogen-bond donors (Lipinski definition) is 2. The molecule has 0 aliphatic carbocycles. The maximum absolute atomic E-state index is 12.1. The van der Waals surface area contributed by atoms with Crippen molar-refractivity contribution in [1.82, 2.24) is 5.32 Å². The van der Waals surface area contributed by atoms with Crippen molar-refractivity contribution in [2.24, 2.45) is 0 Å². The molecule has 0 aliphatic rings. The summed E-state index contributed by atoms with van der Waals surface area (Å²) >= 11 is 1.40. The van der Waals surface area contributed by atoms with Gasteiger partial charge in [-0.15, -0.1) is 11.3 Å². The van der Waals surface area contributed by atoms with Gasteiger partial charge >= 0.3 is 0 Å². The van der Waals surface area contributed by atoms with Crippen LogP contribution >= 0.6 is 11.3 Å². The van der Waals surface area contributed by atoms with Crippen LogP contribution in [0.2, 0.25) is 0 Å². The lowest BCUT2D eigenvalue weighted by Crippen LogP contribution is -2.30. The molecule has 18 heavy (non-hydrogen) atoms. The molecule has 1 heterocycles. The summed E-state index contributed by atoms with van der Waals surface area (Å²) in [7, 11) is 0. The molecule has 0 spiro atoms. The molecule has 3 nitrogen and oxygen atoms in total. The van der Waals surface area contributed by atoms with Crippen LogP contribution in [0.15, 0.2) is 35.7 Å². The van der Waals surface area contributed by atoms with Gasteiger partial charge in [0.1, 0.15) is 0 Å². The van der Waals surface area contributed by atoms with Gasteiger partial charge in [0, 0.05) is 17.0 Å². The smallest absolute Gasteiger partial charge is 0.255 e. The Labute approximate surface area is 111 Å². The Morgan fingerprint density at radius 2 is 1.94 bits per heavy atom. The normalized spacial score (nSPS) is 10.6. The SMILES string of the molecule is CC(C)NC(=O)c1c(-c2ccccc2)csc1N. The van der Waals surface area contributed by atoms with Gasteiger partial charge < -0.3 is 11.1 Å². The second kappa shape index (κ2) is 5.23. The number of nitrogens with one attached hydrogen (secondary N) is 1. The lowest BCUT2D eigenvalue weighted by atomic mass is 10.0. The average Bonchev–Trinajstić information content (AvgIpc) is 2.71. The maximum Gasteiger partial charge on any atom is 0.255 e. The summed E-state index contributed by atoms with van der Waals surface area (Å²) in [5.41, 5.74) is 8.41. The third-order valence-electron chi connectivity index (χ3n) is 2.55. The zero-order valence-corrected chi connectivity index (χ0v) is 11.3. The summed E-state index contributed by atoms with van der Waals surface area (Å²) in [6, 6.07) is 9.91. The second-order valence-electron chi connectivity index (χ2n) is 4.38. The van der Waals surface area contributed by atoms with E-state index in [1.165, 1.54) is 11.3 Å². The van der Waals surface area contributed by atoms with Gasteiger partial charge in [-0.25, -0.2) is 0 Å². The summed E-state index contributed by atoms with van der Waals surface area (Å²) in [5.74, 6) is -0.109. The van der Waals surface area contributed by atoms with Crippen LogP contribution in [0.1, 0.15) is 24.2 Å². The van der Waals surface area contributed by atoms with E-state index >= 15 is 0 Å². The molecule has 0 fully saturated rings. The molecule has 94 valence electrons. The van der Waals surface area contributed by atoms with E-state index in [-0.39, 0.29) is 11.9 Å². The molecule has 0 radical (unpaired) electrons. The first-order valence-corrected chi connectivity index (χ1v) is 6.71. The Morgan fingerprint density at radius 3 is 2.56 bits per heavy atom. The van der Waals surface area contributed by atoms with Crippen LogP contribution in [0.3, 0.4) is 0 Å². The lowest BCUT2D eigenvalue weighted by molar-refractivity contribution is 0.0945. The summed E-state index contributed by atoms with van der Waals surface area (Å²) in [5, 5.41) is 5.38. The number of anilines is 1. The highest BCUT2D eigenvalue weighted by Gasteiger charge is 2.18. The Bertz CT molecular complexity index is 546. The molecular weight excluding hydrogens is 244 g/mol. The maximum atomic E-state index is 12.1. The number of carbonyl (C=O) groups is 1. The minimum Gasteiger partial charge on any atom is -0.390 e. The molecule has 1 aromatic carbocycles. The predicted octanol–water partition coefficient (Wildman–Crippen LogP) is 3.14. The molecule has 0 atom stereocenters. The zero-order valence-electron chi connectivity index (χ0n) is 10.4. The van der Waals surface area contributed by atoms with E-state index in [1.54, 1.807) is 0 Å². The highest BCUT2D eigenvalue weighted by atomic mass is 32.1. The van der Waals surface area contributed by atoms with Crippen molar-refractivity contribution in [1.29, 1.82) is 0 Å². The van der Waals surface area contributed by atoms with Crippen LogP contribution in [0.25, 0.3) is 11.1 Å². The summed E-state index contributed by atoms with van der Waals surface area (Å²) < 4.78 is 0. The van der Waals surface area contributed by atoms with E-state index in [0.29, 0.717) is 10.6 Å². The van der Waals surface area contributed by atoms with E-state index in [0.717, 1.165) is 11.1 Å². The van der Waals surface area contributed by atoms with E-state index < -0.39 is 0 Å². The summed E-state index contributed by atoms with van der Waals surface area (Å²) in [6.45, 7) is 3.87. The third-order valence-corrected chi connectivity index (χ3v) is 3.36. The molecule has 1 amide bonds. The topological polar surface area (TPSA) is 55.1 Å². The molecule has 4 heteroatoms. The molecular formula is C14H16N2OS. The van der Waals surface area contributed by atoms with Crippen LogP contribution in [0.5, 0.6) is 0 Å². The van der Waals surface area contributed by atoms with Crippen molar-refractivity contribution in [3.63, 3.8) is 0 Å². The number of rotatable bonds is 3. The van der Waals surface area contributed by atoms with E-state index in [1.807, 2.05) is 49.6 Å². The molecule has 0 unspecified atom stereocenters. The van der Waals surface area contributed by atoms with Gasteiger partial charge in [-0.3, -0.25) is 4.79 Å². The van der Waals surface area contributed by atoms with Crippen molar-refractivity contribution in [3.8, 4) is 11.1 Å². The fraction of sp³-hybridized carbons (Fsp3) is 0.214. The number of benzene rings is 1. The van der Waals surface area contributed by atoms with Crippen molar-refractivity contribution < 1.29 is 4.79 Å². The predicted molar refractivity (Wildman–Crippen MR) is 76.8 cm³/mol. The number of carbonyl (C=O) groups excluding carboxylic acids is 1. The van der Waals surface area contributed by atoms with Crippen molar-refractivity contribution in [3.05, 3.63) is 41.3 Å². The zero-order chi connectivity index (χ0) is 13.1. The van der Waals surface area contributed by atoms with Crippen LogP contribution in [-0.2, 0) is 0 Å². The molecule has 3 N–H and O–H groups in total. The fourth-order valence-electron chi connectivity index (χ4n) is 1.77. The van der Waals surface area contributed by atoms with Crippen LogP contribution in [-0.4, -0.2) is 11.9 Å². The standard InChI is InChI=1S/C14H16N2OS/c1-9(2)16-14(17)12-11(8-18-13(12)15)10-6-4-3-5-7-10/h3-9H,15H2,1-2H3,(H,16,17). The van der Waals surface area contributed by atoms with Crippen molar-refractivity contribution in [2.45, 2.75) is 19.9 Å². The second-order valence-corrected chi connectivity index (χ2v) is 5.29. The number of nitrogens with two attached hydrogens (primary N) is 1. The lowest BCUT2D eigenvalue weighted by Gasteiger charge is -2.10. The van der Waals surface area contributed by atoms with Crippen molar-refractivity contribution in [2.75, 3.05) is 5.73 Å². The summed E-state index contributed by atoms with van der Waals surface area (Å²) in [4.78, 5) is 12.1. The Hall–Kier alpha value is -1.81. The van der Waals surface area contributed by atoms with Gasteiger partial charge in [0.25, 0.3) is 5.91 Å². The number of amides is 1. The molecule has 0 bridgehead atoms. The third kappa shape index (κ3) is 2.54. The first-order chi connectivity index (χ1) is 8.59. The van der Waals surface area contributed by atoms with Crippen molar-refractivity contribution >= 4 is 22.2 Å². The number of thiophene rings is 1. The fourth-order valence-corrected chi connectivity index (χ4v) is 2.59. The molecule has 0 saturated heterocycles. The minimum atomic E-state index is -0.109. The Balaban J connectivity index is 2.42. The highest BCUT2D eigenvalue weighted by Crippen LogP contribution is 2.33. The molecule has 2 aromatic rings. The van der Waals surface area contributed by atoms with Gasteiger partial charge in [0.05, 0.1) is 10.6 Å². The minimum absolute atomic E-state index is 0.0976. The molecule has 0 saturated carbocycles.